The molecule has 0 bridgehead atoms. The van der Waals surface area contributed by atoms with Crippen molar-refractivity contribution in [1.82, 2.24) is 0 Å². The van der Waals surface area contributed by atoms with Crippen molar-refractivity contribution in [3.63, 3.8) is 0 Å². The van der Waals surface area contributed by atoms with Gasteiger partial charge in [0.15, 0.2) is 5.78 Å². The Morgan fingerprint density at radius 1 is 1.20 bits per heavy atom. The van der Waals surface area contributed by atoms with Crippen molar-refractivity contribution in [2.24, 2.45) is 34.3 Å². The predicted octanol–water partition coefficient (Wildman–Crippen LogP) is 3.39. The summed E-state index contributed by atoms with van der Waals surface area (Å²) in [6, 6.07) is 0. The normalized spacial score (nSPS) is 45.9. The quantitative estimate of drug-likeness (QED) is 0.779. The summed E-state index contributed by atoms with van der Waals surface area (Å²) in [6.07, 6.45) is 10.2. The minimum atomic E-state index is -0.174. The van der Waals surface area contributed by atoms with Gasteiger partial charge in [-0.25, -0.2) is 0 Å². The lowest BCUT2D eigenvalue weighted by atomic mass is 9.47. The molecule has 25 heavy (non-hydrogen) atoms. The van der Waals surface area contributed by atoms with Gasteiger partial charge in [-0.1, -0.05) is 12.5 Å². The average Bonchev–Trinajstić information content (AvgIpc) is 2.94. The molecular formula is C21H31NO3. The van der Waals surface area contributed by atoms with Crippen LogP contribution in [0.3, 0.4) is 0 Å². The zero-order valence-electron chi connectivity index (χ0n) is 15.6. The molecule has 0 aromatic rings. The Hall–Kier alpha value is -1.16. The van der Waals surface area contributed by atoms with E-state index in [2.05, 4.69) is 6.92 Å². The van der Waals surface area contributed by atoms with Gasteiger partial charge >= 0.3 is 5.97 Å². The van der Waals surface area contributed by atoms with Gasteiger partial charge in [-0.2, -0.15) is 0 Å². The number of allylic oxidation sites excluding steroid dienone is 1. The van der Waals surface area contributed by atoms with Gasteiger partial charge in [0.1, 0.15) is 6.10 Å². The highest BCUT2D eigenvalue weighted by atomic mass is 16.5. The van der Waals surface area contributed by atoms with Crippen LogP contribution in [0.5, 0.6) is 0 Å². The third kappa shape index (κ3) is 2.43. The summed E-state index contributed by atoms with van der Waals surface area (Å²) in [6.45, 7) is 4.54. The molecule has 0 unspecified atom stereocenters. The molecule has 4 nitrogen and oxygen atoms in total. The number of nitrogens with two attached hydrogens (primary N) is 1. The summed E-state index contributed by atoms with van der Waals surface area (Å²) >= 11 is 0. The lowest BCUT2D eigenvalue weighted by Crippen LogP contribution is -2.55. The van der Waals surface area contributed by atoms with Crippen molar-refractivity contribution in [2.45, 2.75) is 71.3 Å². The van der Waals surface area contributed by atoms with E-state index in [4.69, 9.17) is 10.5 Å². The van der Waals surface area contributed by atoms with Crippen molar-refractivity contribution < 1.29 is 14.3 Å². The first kappa shape index (κ1) is 17.3. The Labute approximate surface area is 150 Å². The van der Waals surface area contributed by atoms with Gasteiger partial charge in [0.05, 0.1) is 0 Å². The van der Waals surface area contributed by atoms with E-state index in [0.717, 1.165) is 38.5 Å². The molecule has 0 aliphatic heterocycles. The number of hydrogen-bond donors (Lipinski definition) is 1. The maximum absolute atomic E-state index is 11.9. The van der Waals surface area contributed by atoms with Crippen LogP contribution >= 0.6 is 0 Å². The van der Waals surface area contributed by atoms with Crippen LogP contribution in [0.2, 0.25) is 0 Å². The third-order valence-electron chi connectivity index (χ3n) is 8.29. The van der Waals surface area contributed by atoms with Gasteiger partial charge in [0.25, 0.3) is 0 Å². The number of carbonyl (C=O) groups is 2. The molecule has 0 radical (unpaired) electrons. The van der Waals surface area contributed by atoms with Gasteiger partial charge in [0, 0.05) is 25.3 Å². The second-order valence-corrected chi connectivity index (χ2v) is 9.12. The fourth-order valence-electron chi connectivity index (χ4n) is 7.08. The third-order valence-corrected chi connectivity index (χ3v) is 8.29. The molecule has 4 rings (SSSR count). The van der Waals surface area contributed by atoms with E-state index in [-0.39, 0.29) is 22.9 Å². The molecule has 3 fully saturated rings. The van der Waals surface area contributed by atoms with Crippen LogP contribution in [0.25, 0.3) is 0 Å². The molecule has 4 heteroatoms. The molecule has 0 aromatic carbocycles. The van der Waals surface area contributed by atoms with Crippen molar-refractivity contribution in [2.75, 3.05) is 6.54 Å². The number of fused-ring (bicyclic) bond motifs is 5. The zero-order valence-corrected chi connectivity index (χ0v) is 15.6. The highest BCUT2D eigenvalue weighted by Gasteiger charge is 2.61. The topological polar surface area (TPSA) is 69.4 Å². The number of ether oxygens (including phenoxy) is 1. The number of carbonyl (C=O) groups excluding carboxylic acids is 2. The monoisotopic (exact) mass is 345 g/mol. The number of rotatable bonds is 2. The summed E-state index contributed by atoms with van der Waals surface area (Å²) in [5.41, 5.74) is 7.88. The Bertz CT molecular complexity index is 627. The van der Waals surface area contributed by atoms with Crippen molar-refractivity contribution in [1.29, 1.82) is 0 Å². The first-order chi connectivity index (χ1) is 11.9. The second-order valence-electron chi connectivity index (χ2n) is 9.12. The summed E-state index contributed by atoms with van der Waals surface area (Å²) in [7, 11) is 0. The fraction of sp³-hybridized carbons (Fsp3) is 0.810. The molecule has 3 saturated carbocycles. The highest BCUT2D eigenvalue weighted by molar-refractivity contribution is 5.91. The number of esters is 1. The molecule has 0 saturated heterocycles. The first-order valence-electron chi connectivity index (χ1n) is 10.0. The minimum absolute atomic E-state index is 0.00127. The predicted molar refractivity (Wildman–Crippen MR) is 95.6 cm³/mol. The average molecular weight is 345 g/mol. The summed E-state index contributed by atoms with van der Waals surface area (Å²) in [5.74, 6) is 2.02. The van der Waals surface area contributed by atoms with E-state index in [1.807, 2.05) is 6.08 Å². The first-order valence-corrected chi connectivity index (χ1v) is 10.0. The number of ketones is 1. The SMILES string of the molecule is CC(=O)O[C@H]1CC[C@H]2[C@@H]3CCC4=CC(=O)CC[C@]4(C)[C@H]3CC[C@]12CN. The molecule has 0 aromatic heterocycles. The van der Waals surface area contributed by atoms with Crippen molar-refractivity contribution in [3.05, 3.63) is 11.6 Å². The van der Waals surface area contributed by atoms with Gasteiger partial charge in [-0.3, -0.25) is 9.59 Å². The standard InChI is InChI=1S/C21H31NO3/c1-13(23)25-19-6-5-18-16-4-3-14-11-15(24)7-9-20(14,2)17(16)8-10-21(18,19)12-22/h11,16-19H,3-10,12,22H2,1-2H3/t16-,17+,18+,19+,20+,21-/m1/s1. The lowest BCUT2D eigenvalue weighted by Gasteiger charge is -2.58. The Kier molecular flexibility index (Phi) is 4.10. The van der Waals surface area contributed by atoms with Gasteiger partial charge in [-0.05, 0) is 74.2 Å². The van der Waals surface area contributed by atoms with Crippen LogP contribution in [0.15, 0.2) is 11.6 Å². The zero-order chi connectivity index (χ0) is 17.8. The van der Waals surface area contributed by atoms with Gasteiger partial charge in [0.2, 0.25) is 0 Å². The maximum Gasteiger partial charge on any atom is 0.302 e. The lowest BCUT2D eigenvalue weighted by molar-refractivity contribution is -0.157. The smallest absolute Gasteiger partial charge is 0.302 e. The van der Waals surface area contributed by atoms with Gasteiger partial charge in [-0.15, -0.1) is 0 Å². The second kappa shape index (κ2) is 5.94. The molecule has 4 aliphatic carbocycles. The largest absolute Gasteiger partial charge is 0.462 e. The van der Waals surface area contributed by atoms with Crippen LogP contribution in [0.4, 0.5) is 0 Å². The van der Waals surface area contributed by atoms with E-state index >= 15 is 0 Å². The molecule has 0 heterocycles. The van der Waals surface area contributed by atoms with Crippen LogP contribution in [0.1, 0.15) is 65.2 Å². The summed E-state index contributed by atoms with van der Waals surface area (Å²) in [4.78, 5) is 23.5. The van der Waals surface area contributed by atoms with E-state index in [1.165, 1.54) is 18.9 Å². The van der Waals surface area contributed by atoms with Crippen molar-refractivity contribution >= 4 is 11.8 Å². The van der Waals surface area contributed by atoms with E-state index in [1.54, 1.807) is 0 Å². The molecule has 0 spiro atoms. The van der Waals surface area contributed by atoms with E-state index < -0.39 is 0 Å². The fourth-order valence-corrected chi connectivity index (χ4v) is 7.08. The molecule has 0 amide bonds. The molecule has 2 N–H and O–H groups in total. The summed E-state index contributed by atoms with van der Waals surface area (Å²) in [5, 5.41) is 0. The Morgan fingerprint density at radius 2 is 2.00 bits per heavy atom. The minimum Gasteiger partial charge on any atom is -0.462 e. The Morgan fingerprint density at radius 3 is 2.72 bits per heavy atom. The van der Waals surface area contributed by atoms with Crippen LogP contribution in [-0.2, 0) is 14.3 Å². The van der Waals surface area contributed by atoms with Crippen LogP contribution in [-0.4, -0.2) is 24.4 Å². The van der Waals surface area contributed by atoms with Crippen LogP contribution in [0, 0.1) is 28.6 Å². The maximum atomic E-state index is 11.9. The molecular weight excluding hydrogens is 314 g/mol. The summed E-state index contributed by atoms with van der Waals surface area (Å²) < 4.78 is 5.73. The van der Waals surface area contributed by atoms with Gasteiger partial charge < -0.3 is 10.5 Å². The Balaban J connectivity index is 1.65. The van der Waals surface area contributed by atoms with E-state index in [0.29, 0.717) is 36.5 Å². The molecule has 138 valence electrons. The van der Waals surface area contributed by atoms with E-state index in [9.17, 15) is 9.59 Å². The van der Waals surface area contributed by atoms with Crippen LogP contribution < -0.4 is 5.73 Å². The molecule has 6 atom stereocenters. The highest BCUT2D eigenvalue weighted by Crippen LogP contribution is 2.65. The number of hydrogen-bond acceptors (Lipinski definition) is 4. The molecule has 4 aliphatic rings. The van der Waals surface area contributed by atoms with Crippen molar-refractivity contribution in [3.8, 4) is 0 Å².